The Morgan fingerprint density at radius 1 is 1.03 bits per heavy atom. The van der Waals surface area contributed by atoms with Gasteiger partial charge in [-0.15, -0.1) is 0 Å². The van der Waals surface area contributed by atoms with Crippen molar-refractivity contribution in [1.29, 1.82) is 0 Å². The van der Waals surface area contributed by atoms with Gasteiger partial charge < -0.3 is 4.74 Å². The second-order valence-electron chi connectivity index (χ2n) is 8.51. The molecular weight excluding hydrogens is 400 g/mol. The number of ether oxygens (including phenoxy) is 1. The standard InChI is InChI=1S/C22H22N4O5/c1-22(2)12-17(24-23-15-6-4-3-5-7-15)20-18(13-22)31-21(26(29)30)19(20)14-8-10-16(11-9-14)25(27)28/h3-11,19,21,23H,12-13H2,1-2H3/b24-17-/t19-,21+/m0/s1. The van der Waals surface area contributed by atoms with E-state index in [0.717, 1.165) is 5.69 Å². The smallest absolute Gasteiger partial charge is 0.364 e. The maximum absolute atomic E-state index is 11.8. The molecule has 0 amide bonds. The summed E-state index contributed by atoms with van der Waals surface area (Å²) >= 11 is 0. The molecule has 4 rings (SSSR count). The molecule has 1 heterocycles. The third-order valence-corrected chi connectivity index (χ3v) is 5.52. The van der Waals surface area contributed by atoms with Crippen LogP contribution in [0.2, 0.25) is 0 Å². The first-order chi connectivity index (χ1) is 14.7. The quantitative estimate of drug-likeness (QED) is 0.543. The first-order valence-corrected chi connectivity index (χ1v) is 9.91. The van der Waals surface area contributed by atoms with Crippen molar-refractivity contribution < 1.29 is 14.6 Å². The summed E-state index contributed by atoms with van der Waals surface area (Å²) in [5.41, 5.74) is 5.57. The zero-order valence-corrected chi connectivity index (χ0v) is 17.1. The number of nitro benzene ring substituents is 1. The highest BCUT2D eigenvalue weighted by Gasteiger charge is 2.51. The van der Waals surface area contributed by atoms with E-state index in [1.54, 1.807) is 12.1 Å². The Kier molecular flexibility index (Phi) is 5.18. The lowest BCUT2D eigenvalue weighted by atomic mass is 9.73. The van der Waals surface area contributed by atoms with Crippen LogP contribution in [-0.2, 0) is 4.74 Å². The van der Waals surface area contributed by atoms with Crippen molar-refractivity contribution in [2.24, 2.45) is 10.5 Å². The Morgan fingerprint density at radius 3 is 2.32 bits per heavy atom. The van der Waals surface area contributed by atoms with Crippen LogP contribution in [0.3, 0.4) is 0 Å². The minimum absolute atomic E-state index is 0.0704. The first-order valence-electron chi connectivity index (χ1n) is 9.91. The fourth-order valence-corrected chi connectivity index (χ4v) is 4.16. The van der Waals surface area contributed by atoms with Crippen LogP contribution in [0, 0.1) is 25.6 Å². The first kappa shape index (κ1) is 20.5. The number of anilines is 1. The molecule has 9 nitrogen and oxygen atoms in total. The van der Waals surface area contributed by atoms with Gasteiger partial charge in [-0.3, -0.25) is 25.7 Å². The maximum atomic E-state index is 11.8. The molecule has 0 spiro atoms. The molecule has 0 bridgehead atoms. The molecule has 160 valence electrons. The van der Waals surface area contributed by atoms with Gasteiger partial charge in [0, 0.05) is 24.1 Å². The number of para-hydroxylation sites is 1. The highest BCUT2D eigenvalue weighted by Crippen LogP contribution is 2.49. The van der Waals surface area contributed by atoms with Crippen LogP contribution >= 0.6 is 0 Å². The van der Waals surface area contributed by atoms with Gasteiger partial charge >= 0.3 is 6.23 Å². The lowest BCUT2D eigenvalue weighted by Crippen LogP contribution is -2.29. The van der Waals surface area contributed by atoms with Gasteiger partial charge in [0.25, 0.3) is 5.69 Å². The molecule has 2 atom stereocenters. The van der Waals surface area contributed by atoms with Crippen molar-refractivity contribution in [1.82, 2.24) is 0 Å². The summed E-state index contributed by atoms with van der Waals surface area (Å²) in [4.78, 5) is 21.9. The van der Waals surface area contributed by atoms with Crippen molar-refractivity contribution in [3.63, 3.8) is 0 Å². The summed E-state index contributed by atoms with van der Waals surface area (Å²) in [5, 5.41) is 27.5. The Morgan fingerprint density at radius 2 is 1.71 bits per heavy atom. The molecule has 0 saturated carbocycles. The van der Waals surface area contributed by atoms with Gasteiger partial charge in [-0.1, -0.05) is 44.2 Å². The number of nitro groups is 2. The number of non-ortho nitro benzene ring substituents is 1. The molecular formula is C22H22N4O5. The number of nitrogens with one attached hydrogen (secondary N) is 1. The minimum atomic E-state index is -1.30. The van der Waals surface area contributed by atoms with E-state index in [9.17, 15) is 20.2 Å². The molecule has 1 N–H and O–H groups in total. The van der Waals surface area contributed by atoms with Crippen LogP contribution < -0.4 is 5.43 Å². The van der Waals surface area contributed by atoms with E-state index in [-0.39, 0.29) is 11.1 Å². The zero-order valence-electron chi connectivity index (χ0n) is 17.1. The highest BCUT2D eigenvalue weighted by atomic mass is 16.7. The Hall–Kier alpha value is -3.75. The minimum Gasteiger partial charge on any atom is -0.433 e. The Labute approximate surface area is 178 Å². The van der Waals surface area contributed by atoms with Crippen LogP contribution in [0.15, 0.2) is 71.0 Å². The van der Waals surface area contributed by atoms with Gasteiger partial charge in [-0.05, 0) is 29.5 Å². The van der Waals surface area contributed by atoms with Crippen molar-refractivity contribution in [3.05, 3.63) is 91.7 Å². The average Bonchev–Trinajstić information content (AvgIpc) is 3.11. The van der Waals surface area contributed by atoms with Gasteiger partial charge in [-0.2, -0.15) is 5.10 Å². The molecule has 2 aromatic carbocycles. The molecule has 2 aliphatic rings. The number of rotatable bonds is 5. The number of hydrogen-bond donors (Lipinski definition) is 1. The fourth-order valence-electron chi connectivity index (χ4n) is 4.16. The Balaban J connectivity index is 1.77. The fraction of sp³-hybridized carbons (Fsp3) is 0.318. The van der Waals surface area contributed by atoms with E-state index in [1.807, 2.05) is 30.3 Å². The maximum Gasteiger partial charge on any atom is 0.364 e. The molecule has 31 heavy (non-hydrogen) atoms. The summed E-state index contributed by atoms with van der Waals surface area (Å²) < 4.78 is 5.83. The molecule has 0 saturated heterocycles. The molecule has 0 radical (unpaired) electrons. The largest absolute Gasteiger partial charge is 0.433 e. The monoisotopic (exact) mass is 422 g/mol. The van der Waals surface area contributed by atoms with Gasteiger partial charge in [0.2, 0.25) is 0 Å². The number of allylic oxidation sites excluding steroid dienone is 1. The molecule has 0 aromatic heterocycles. The highest BCUT2D eigenvalue weighted by molar-refractivity contribution is 6.04. The number of hydrazone groups is 1. The number of hydrogen-bond acceptors (Lipinski definition) is 7. The number of benzene rings is 2. The molecule has 9 heteroatoms. The van der Waals surface area contributed by atoms with Crippen LogP contribution in [0.1, 0.15) is 38.2 Å². The van der Waals surface area contributed by atoms with E-state index in [2.05, 4.69) is 24.4 Å². The van der Waals surface area contributed by atoms with Crippen molar-refractivity contribution in [3.8, 4) is 0 Å². The predicted octanol–water partition coefficient (Wildman–Crippen LogP) is 4.85. The van der Waals surface area contributed by atoms with Crippen LogP contribution in [-0.4, -0.2) is 21.8 Å². The summed E-state index contributed by atoms with van der Waals surface area (Å²) in [5.74, 6) is -0.131. The van der Waals surface area contributed by atoms with Crippen molar-refractivity contribution in [2.75, 3.05) is 5.43 Å². The van der Waals surface area contributed by atoms with Crippen molar-refractivity contribution >= 4 is 17.1 Å². The topological polar surface area (TPSA) is 120 Å². The van der Waals surface area contributed by atoms with Gasteiger partial charge in [-0.25, -0.2) is 0 Å². The second-order valence-corrected chi connectivity index (χ2v) is 8.51. The van der Waals surface area contributed by atoms with Gasteiger partial charge in [0.15, 0.2) is 0 Å². The summed E-state index contributed by atoms with van der Waals surface area (Å²) in [6, 6.07) is 15.3. The lowest BCUT2D eigenvalue weighted by molar-refractivity contribution is -0.570. The molecule has 2 aromatic rings. The van der Waals surface area contributed by atoms with Gasteiger partial charge in [0.05, 0.1) is 21.2 Å². The molecule has 0 unspecified atom stereocenters. The van der Waals surface area contributed by atoms with Crippen molar-refractivity contribution in [2.45, 2.75) is 38.8 Å². The summed E-state index contributed by atoms with van der Waals surface area (Å²) in [6.07, 6.45) is -0.133. The van der Waals surface area contributed by atoms with E-state index < -0.39 is 22.0 Å². The van der Waals surface area contributed by atoms with Crippen LogP contribution in [0.25, 0.3) is 0 Å². The third kappa shape index (κ3) is 4.11. The van der Waals surface area contributed by atoms with E-state index in [4.69, 9.17) is 4.74 Å². The summed E-state index contributed by atoms with van der Waals surface area (Å²) in [7, 11) is 0. The molecule has 1 aliphatic heterocycles. The van der Waals surface area contributed by atoms with Gasteiger partial charge in [0.1, 0.15) is 11.7 Å². The Bertz CT molecular complexity index is 1080. The number of nitrogens with zero attached hydrogens (tertiary/aromatic N) is 3. The van der Waals surface area contributed by atoms with Crippen LogP contribution in [0.4, 0.5) is 11.4 Å². The second kappa shape index (κ2) is 7.82. The molecule has 0 fully saturated rings. The summed E-state index contributed by atoms with van der Waals surface area (Å²) in [6.45, 7) is 4.14. The van der Waals surface area contributed by atoms with E-state index in [0.29, 0.717) is 35.4 Å². The average molecular weight is 422 g/mol. The predicted molar refractivity (Wildman–Crippen MR) is 115 cm³/mol. The van der Waals surface area contributed by atoms with E-state index >= 15 is 0 Å². The lowest BCUT2D eigenvalue weighted by Gasteiger charge is -2.31. The van der Waals surface area contributed by atoms with E-state index in [1.165, 1.54) is 12.1 Å². The van der Waals surface area contributed by atoms with Crippen LogP contribution in [0.5, 0.6) is 0 Å². The molecule has 1 aliphatic carbocycles. The SMILES string of the molecule is CC1(C)CC2=C(/C(=N\Nc3ccccc3)C1)[C@H](c1ccc([N+](=O)[O-])cc1)[C@H]([N+](=O)[O-])O2. The normalized spacial score (nSPS) is 23.2. The zero-order chi connectivity index (χ0) is 22.2. The third-order valence-electron chi connectivity index (χ3n) is 5.52.